The van der Waals surface area contributed by atoms with Gasteiger partial charge in [-0.25, -0.2) is 0 Å². The molecule has 0 atom stereocenters. The highest BCUT2D eigenvalue weighted by Gasteiger charge is 2.06. The van der Waals surface area contributed by atoms with E-state index in [1.165, 1.54) is 5.56 Å². The van der Waals surface area contributed by atoms with Gasteiger partial charge in [-0.15, -0.1) is 0 Å². The molecule has 3 nitrogen and oxygen atoms in total. The van der Waals surface area contributed by atoms with Crippen molar-refractivity contribution >= 4 is 6.29 Å². The molecular weight excluding hydrogens is 288 g/mol. The summed E-state index contributed by atoms with van der Waals surface area (Å²) >= 11 is 0. The molecule has 0 spiro atoms. The summed E-state index contributed by atoms with van der Waals surface area (Å²) in [6, 6.07) is 17.5. The number of ether oxygens (including phenoxy) is 1. The van der Waals surface area contributed by atoms with Crippen molar-refractivity contribution in [3.8, 4) is 17.1 Å². The molecule has 0 aliphatic carbocycles. The summed E-state index contributed by atoms with van der Waals surface area (Å²) in [5.41, 5.74) is 4.33. The summed E-state index contributed by atoms with van der Waals surface area (Å²) in [6.45, 7) is 4.60. The van der Waals surface area contributed by atoms with Gasteiger partial charge in [0.2, 0.25) is 0 Å². The van der Waals surface area contributed by atoms with Gasteiger partial charge in [0, 0.05) is 5.56 Å². The van der Waals surface area contributed by atoms with Crippen LogP contribution in [-0.2, 0) is 6.61 Å². The van der Waals surface area contributed by atoms with Gasteiger partial charge in [0.05, 0.1) is 0 Å². The molecule has 0 saturated heterocycles. The lowest BCUT2D eigenvalue weighted by atomic mass is 10.1. The first-order valence-electron chi connectivity index (χ1n) is 7.50. The Kier molecular flexibility index (Phi) is 4.29. The van der Waals surface area contributed by atoms with E-state index in [1.807, 2.05) is 43.3 Å². The van der Waals surface area contributed by atoms with E-state index in [0.29, 0.717) is 24.4 Å². The van der Waals surface area contributed by atoms with Crippen molar-refractivity contribution < 1.29 is 13.9 Å². The Labute approximate surface area is 135 Å². The van der Waals surface area contributed by atoms with Crippen molar-refractivity contribution in [2.45, 2.75) is 20.5 Å². The SMILES string of the molecule is Cc1ccc(OCc2cccc(-c3ccc(C=O)o3)c2)c(C)c1. The van der Waals surface area contributed by atoms with Crippen LogP contribution >= 0.6 is 0 Å². The van der Waals surface area contributed by atoms with Crippen molar-refractivity contribution in [2.75, 3.05) is 0 Å². The van der Waals surface area contributed by atoms with E-state index in [1.54, 1.807) is 12.1 Å². The van der Waals surface area contributed by atoms with Crippen LogP contribution in [0.1, 0.15) is 27.2 Å². The Hall–Kier alpha value is -2.81. The molecule has 3 aromatic rings. The monoisotopic (exact) mass is 306 g/mol. The van der Waals surface area contributed by atoms with Gasteiger partial charge < -0.3 is 9.15 Å². The van der Waals surface area contributed by atoms with E-state index in [4.69, 9.17) is 9.15 Å². The maximum atomic E-state index is 10.7. The molecule has 116 valence electrons. The molecule has 1 aromatic heterocycles. The number of carbonyl (C=O) groups excluding carboxylic acids is 1. The van der Waals surface area contributed by atoms with Crippen LogP contribution in [0.5, 0.6) is 5.75 Å². The number of furan rings is 1. The highest BCUT2D eigenvalue weighted by Crippen LogP contribution is 2.24. The Morgan fingerprint density at radius 2 is 1.91 bits per heavy atom. The van der Waals surface area contributed by atoms with Crippen LogP contribution in [0.2, 0.25) is 0 Å². The number of aryl methyl sites for hydroxylation is 2. The van der Waals surface area contributed by atoms with Crippen molar-refractivity contribution in [1.82, 2.24) is 0 Å². The molecule has 0 amide bonds. The van der Waals surface area contributed by atoms with Crippen LogP contribution < -0.4 is 4.74 Å². The number of benzene rings is 2. The van der Waals surface area contributed by atoms with Crippen LogP contribution in [0.25, 0.3) is 11.3 Å². The van der Waals surface area contributed by atoms with Crippen LogP contribution in [0.3, 0.4) is 0 Å². The Morgan fingerprint density at radius 3 is 2.65 bits per heavy atom. The summed E-state index contributed by atoms with van der Waals surface area (Å²) in [7, 11) is 0. The minimum absolute atomic E-state index is 0.330. The molecule has 1 heterocycles. The van der Waals surface area contributed by atoms with Gasteiger partial charge in [0.25, 0.3) is 0 Å². The lowest BCUT2D eigenvalue weighted by Crippen LogP contribution is -1.97. The molecule has 0 bridgehead atoms. The average molecular weight is 306 g/mol. The molecule has 3 heteroatoms. The number of aldehydes is 1. The second kappa shape index (κ2) is 6.53. The first-order valence-corrected chi connectivity index (χ1v) is 7.50. The maximum absolute atomic E-state index is 10.7. The predicted octanol–water partition coefficient (Wildman–Crippen LogP) is 4.95. The molecular formula is C20H18O3. The summed E-state index contributed by atoms with van der Waals surface area (Å²) in [6.07, 6.45) is 0.705. The second-order valence-electron chi connectivity index (χ2n) is 5.58. The van der Waals surface area contributed by atoms with Crippen molar-refractivity contribution in [2.24, 2.45) is 0 Å². The minimum Gasteiger partial charge on any atom is -0.489 e. The fourth-order valence-electron chi connectivity index (χ4n) is 2.51. The van der Waals surface area contributed by atoms with Gasteiger partial charge >= 0.3 is 0 Å². The molecule has 0 aliphatic heterocycles. The summed E-state index contributed by atoms with van der Waals surface area (Å²) in [4.78, 5) is 10.7. The molecule has 23 heavy (non-hydrogen) atoms. The van der Waals surface area contributed by atoms with E-state index in [2.05, 4.69) is 13.0 Å². The van der Waals surface area contributed by atoms with Crippen LogP contribution in [0, 0.1) is 13.8 Å². The molecule has 0 fully saturated rings. The van der Waals surface area contributed by atoms with Crippen LogP contribution in [-0.4, -0.2) is 6.29 Å². The van der Waals surface area contributed by atoms with Gasteiger partial charge in [0.15, 0.2) is 12.0 Å². The Morgan fingerprint density at radius 1 is 1.04 bits per heavy atom. The topological polar surface area (TPSA) is 39.4 Å². The number of carbonyl (C=O) groups is 1. The highest BCUT2D eigenvalue weighted by molar-refractivity contribution is 5.72. The summed E-state index contributed by atoms with van der Waals surface area (Å²) in [5, 5.41) is 0. The molecule has 0 saturated carbocycles. The van der Waals surface area contributed by atoms with E-state index in [9.17, 15) is 4.79 Å². The number of rotatable bonds is 5. The summed E-state index contributed by atoms with van der Waals surface area (Å²) in [5.74, 6) is 1.90. The van der Waals surface area contributed by atoms with Gasteiger partial charge in [-0.3, -0.25) is 4.79 Å². The molecule has 0 aliphatic rings. The zero-order valence-electron chi connectivity index (χ0n) is 13.2. The molecule has 3 rings (SSSR count). The Balaban J connectivity index is 1.76. The summed E-state index contributed by atoms with van der Waals surface area (Å²) < 4.78 is 11.4. The predicted molar refractivity (Wildman–Crippen MR) is 89.8 cm³/mol. The standard InChI is InChI=1S/C20H18O3/c1-14-6-8-19(15(2)10-14)22-13-16-4-3-5-17(11-16)20-9-7-18(12-21)23-20/h3-12H,13H2,1-2H3. The second-order valence-corrected chi connectivity index (χ2v) is 5.58. The zero-order valence-corrected chi connectivity index (χ0v) is 13.2. The molecule has 0 N–H and O–H groups in total. The number of hydrogen-bond donors (Lipinski definition) is 0. The fraction of sp³-hybridized carbons (Fsp3) is 0.150. The smallest absolute Gasteiger partial charge is 0.185 e. The van der Waals surface area contributed by atoms with Gasteiger partial charge in [-0.05, 0) is 49.2 Å². The highest BCUT2D eigenvalue weighted by atomic mass is 16.5. The quantitative estimate of drug-likeness (QED) is 0.626. The minimum atomic E-state index is 0.330. The molecule has 2 aromatic carbocycles. The first-order chi connectivity index (χ1) is 11.2. The van der Waals surface area contributed by atoms with Crippen LogP contribution in [0.15, 0.2) is 59.0 Å². The van der Waals surface area contributed by atoms with Gasteiger partial charge in [-0.1, -0.05) is 35.9 Å². The Bertz CT molecular complexity index is 830. The third-order valence-corrected chi connectivity index (χ3v) is 3.68. The van der Waals surface area contributed by atoms with E-state index in [0.717, 1.165) is 22.4 Å². The van der Waals surface area contributed by atoms with Gasteiger partial charge in [0.1, 0.15) is 18.1 Å². The van der Waals surface area contributed by atoms with Crippen LogP contribution in [0.4, 0.5) is 0 Å². The first kappa shape index (κ1) is 15.1. The molecule has 0 unspecified atom stereocenters. The third-order valence-electron chi connectivity index (χ3n) is 3.68. The normalized spacial score (nSPS) is 10.5. The van der Waals surface area contributed by atoms with Gasteiger partial charge in [-0.2, -0.15) is 0 Å². The lowest BCUT2D eigenvalue weighted by molar-refractivity contribution is 0.110. The maximum Gasteiger partial charge on any atom is 0.185 e. The van der Waals surface area contributed by atoms with Crippen molar-refractivity contribution in [3.63, 3.8) is 0 Å². The fourth-order valence-corrected chi connectivity index (χ4v) is 2.51. The largest absolute Gasteiger partial charge is 0.489 e. The third kappa shape index (κ3) is 3.51. The van der Waals surface area contributed by atoms with Crippen molar-refractivity contribution in [1.29, 1.82) is 0 Å². The number of hydrogen-bond acceptors (Lipinski definition) is 3. The van der Waals surface area contributed by atoms with Crippen molar-refractivity contribution in [3.05, 3.63) is 77.0 Å². The van der Waals surface area contributed by atoms with E-state index >= 15 is 0 Å². The van der Waals surface area contributed by atoms with E-state index in [-0.39, 0.29) is 0 Å². The molecule has 0 radical (unpaired) electrons. The average Bonchev–Trinajstić information content (AvgIpc) is 3.03. The lowest BCUT2D eigenvalue weighted by Gasteiger charge is -2.10. The zero-order chi connectivity index (χ0) is 16.2. The van der Waals surface area contributed by atoms with E-state index < -0.39 is 0 Å².